The maximum Gasteiger partial charge on any atom is 0.0743 e. The molecule has 8 aromatic carbocycles. The van der Waals surface area contributed by atoms with E-state index in [4.69, 9.17) is 0 Å². The van der Waals surface area contributed by atoms with Gasteiger partial charge < -0.3 is 9.80 Å². The third-order valence-corrected chi connectivity index (χ3v) is 13.1. The molecule has 3 aliphatic rings. The molecule has 1 aliphatic carbocycles. The van der Waals surface area contributed by atoms with E-state index in [1.54, 1.807) is 0 Å². The van der Waals surface area contributed by atoms with Crippen LogP contribution >= 0.6 is 0 Å². The molecule has 0 N–H and O–H groups in total. The van der Waals surface area contributed by atoms with Crippen LogP contribution in [0, 0.1) is 5.92 Å². The van der Waals surface area contributed by atoms with Gasteiger partial charge in [0, 0.05) is 36.2 Å². The number of hydrogen-bond donors (Lipinski definition) is 0. The first kappa shape index (κ1) is 32.8. The van der Waals surface area contributed by atoms with Crippen LogP contribution in [0.3, 0.4) is 0 Å². The van der Waals surface area contributed by atoms with Crippen molar-refractivity contribution >= 4 is 44.3 Å². The molecule has 268 valence electrons. The fourth-order valence-corrected chi connectivity index (χ4v) is 10.8. The molecule has 0 radical (unpaired) electrons. The molecule has 0 saturated heterocycles. The molecular formula is C54H42N2. The normalized spacial score (nSPS) is 19.0. The lowest BCUT2D eigenvalue weighted by molar-refractivity contribution is 0.444. The minimum Gasteiger partial charge on any atom is -0.344 e. The van der Waals surface area contributed by atoms with Crippen LogP contribution < -0.4 is 9.80 Å². The average Bonchev–Trinajstić information content (AvgIpc) is 3.27. The van der Waals surface area contributed by atoms with E-state index in [0.717, 1.165) is 6.42 Å². The van der Waals surface area contributed by atoms with Crippen LogP contribution in [0.1, 0.15) is 45.4 Å². The summed E-state index contributed by atoms with van der Waals surface area (Å²) in [5, 5.41) is 5.03. The van der Waals surface area contributed by atoms with Gasteiger partial charge in [-0.15, -0.1) is 0 Å². The van der Waals surface area contributed by atoms with Crippen LogP contribution in [0.4, 0.5) is 22.7 Å². The summed E-state index contributed by atoms with van der Waals surface area (Å²) in [5.41, 5.74) is 13.0. The minimum atomic E-state index is -0.596. The first-order valence-electron chi connectivity index (χ1n) is 19.8. The Balaban J connectivity index is 1.34. The summed E-state index contributed by atoms with van der Waals surface area (Å²) >= 11 is 0. The van der Waals surface area contributed by atoms with E-state index in [1.807, 2.05) is 0 Å². The van der Waals surface area contributed by atoms with Crippen molar-refractivity contribution in [3.63, 3.8) is 0 Å². The van der Waals surface area contributed by atoms with Crippen LogP contribution in [-0.4, -0.2) is 14.1 Å². The molecule has 0 amide bonds. The molecule has 0 bridgehead atoms. The first-order valence-corrected chi connectivity index (χ1v) is 19.8. The van der Waals surface area contributed by atoms with Gasteiger partial charge >= 0.3 is 0 Å². The van der Waals surface area contributed by atoms with E-state index in [-0.39, 0.29) is 5.92 Å². The van der Waals surface area contributed by atoms with Crippen molar-refractivity contribution < 1.29 is 0 Å². The van der Waals surface area contributed by atoms with Crippen molar-refractivity contribution in [2.24, 2.45) is 5.92 Å². The summed E-state index contributed by atoms with van der Waals surface area (Å²) in [4.78, 5) is 5.01. The average molecular weight is 719 g/mol. The Bertz CT molecular complexity index is 2830. The molecule has 11 rings (SSSR count). The van der Waals surface area contributed by atoms with Gasteiger partial charge in [0.2, 0.25) is 0 Å². The van der Waals surface area contributed by atoms with E-state index in [9.17, 15) is 0 Å². The van der Waals surface area contributed by atoms with E-state index >= 15 is 0 Å². The van der Waals surface area contributed by atoms with Gasteiger partial charge in [0.15, 0.2) is 0 Å². The Morgan fingerprint density at radius 3 is 1.50 bits per heavy atom. The molecule has 2 unspecified atom stereocenters. The van der Waals surface area contributed by atoms with E-state index in [1.165, 1.54) is 83.2 Å². The molecule has 2 nitrogen and oxygen atoms in total. The highest BCUT2D eigenvalue weighted by atomic mass is 15.1. The second-order valence-corrected chi connectivity index (χ2v) is 15.7. The molecule has 2 heterocycles. The van der Waals surface area contributed by atoms with Gasteiger partial charge in [-0.25, -0.2) is 0 Å². The van der Waals surface area contributed by atoms with Crippen molar-refractivity contribution in [2.75, 3.05) is 23.9 Å². The van der Waals surface area contributed by atoms with Crippen molar-refractivity contribution in [2.45, 2.75) is 17.3 Å². The monoisotopic (exact) mass is 718 g/mol. The van der Waals surface area contributed by atoms with Gasteiger partial charge in [0.05, 0.1) is 22.2 Å². The highest BCUT2D eigenvalue weighted by Crippen LogP contribution is 2.63. The second kappa shape index (κ2) is 12.4. The summed E-state index contributed by atoms with van der Waals surface area (Å²) in [6.07, 6.45) is 10.2. The smallest absolute Gasteiger partial charge is 0.0743 e. The summed E-state index contributed by atoms with van der Waals surface area (Å²) in [6, 6.07) is 66.2. The molecule has 2 aliphatic heterocycles. The Kier molecular flexibility index (Phi) is 7.28. The number of allylic oxidation sites excluding steroid dienone is 4. The highest BCUT2D eigenvalue weighted by molar-refractivity contribution is 6.04. The molecule has 8 aromatic rings. The predicted octanol–water partition coefficient (Wildman–Crippen LogP) is 13.0. The van der Waals surface area contributed by atoms with Crippen molar-refractivity contribution in [1.29, 1.82) is 0 Å². The zero-order chi connectivity index (χ0) is 37.4. The Morgan fingerprint density at radius 1 is 0.446 bits per heavy atom. The molecule has 56 heavy (non-hydrogen) atoms. The maximum absolute atomic E-state index is 2.59. The van der Waals surface area contributed by atoms with Crippen LogP contribution in [-0.2, 0) is 10.8 Å². The summed E-state index contributed by atoms with van der Waals surface area (Å²) in [5.74, 6) is 0.190. The largest absolute Gasteiger partial charge is 0.344 e. The Morgan fingerprint density at radius 2 is 0.929 bits per heavy atom. The summed E-state index contributed by atoms with van der Waals surface area (Å²) in [7, 11) is 4.58. The van der Waals surface area contributed by atoms with Crippen LogP contribution in [0.25, 0.3) is 21.5 Å². The number of anilines is 4. The molecule has 2 atom stereocenters. The third-order valence-electron chi connectivity index (χ3n) is 13.1. The number of hydrogen-bond acceptors (Lipinski definition) is 2. The Hall–Kier alpha value is -6.64. The molecule has 0 aromatic heterocycles. The minimum absolute atomic E-state index is 0.190. The zero-order valence-electron chi connectivity index (χ0n) is 31.7. The summed E-state index contributed by atoms with van der Waals surface area (Å²) < 4.78 is 0. The van der Waals surface area contributed by atoms with Gasteiger partial charge in [0.25, 0.3) is 0 Å². The number of fused-ring (bicyclic) bond motifs is 8. The van der Waals surface area contributed by atoms with E-state index in [2.05, 4.69) is 224 Å². The molecule has 0 fully saturated rings. The molecule has 2 heteroatoms. The topological polar surface area (TPSA) is 6.48 Å². The van der Waals surface area contributed by atoms with E-state index < -0.39 is 10.8 Å². The van der Waals surface area contributed by atoms with Crippen molar-refractivity contribution in [3.05, 3.63) is 239 Å². The van der Waals surface area contributed by atoms with Crippen LogP contribution in [0.2, 0.25) is 0 Å². The number of nitrogens with zero attached hydrogens (tertiary/aromatic N) is 2. The van der Waals surface area contributed by atoms with Gasteiger partial charge in [-0.2, -0.15) is 0 Å². The lowest BCUT2D eigenvalue weighted by Gasteiger charge is -2.52. The van der Waals surface area contributed by atoms with Gasteiger partial charge in [-0.3, -0.25) is 0 Å². The van der Waals surface area contributed by atoms with Gasteiger partial charge in [-0.1, -0.05) is 188 Å². The fourth-order valence-electron chi connectivity index (χ4n) is 10.8. The maximum atomic E-state index is 2.59. The predicted molar refractivity (Wildman–Crippen MR) is 235 cm³/mol. The zero-order valence-corrected chi connectivity index (χ0v) is 31.7. The van der Waals surface area contributed by atoms with Crippen LogP contribution in [0.15, 0.2) is 200 Å². The SMILES string of the molecule is CN1c2cc3c(cc2C(c2ccccc2)(c2ccccc2)c2ccc4ccccc4c21)N(C)c1c(ccc2ccccc12)C3(c1ccccc1)C1C=CC=CC1. The molecule has 0 saturated carbocycles. The summed E-state index contributed by atoms with van der Waals surface area (Å²) in [6.45, 7) is 0. The van der Waals surface area contributed by atoms with Gasteiger partial charge in [-0.05, 0) is 74.2 Å². The highest BCUT2D eigenvalue weighted by Gasteiger charge is 2.52. The first-order chi connectivity index (χ1) is 27.6. The lowest BCUT2D eigenvalue weighted by Crippen LogP contribution is -2.44. The fraction of sp³-hybridized carbons (Fsp3) is 0.111. The second-order valence-electron chi connectivity index (χ2n) is 15.7. The van der Waals surface area contributed by atoms with E-state index in [0.29, 0.717) is 0 Å². The van der Waals surface area contributed by atoms with Crippen molar-refractivity contribution in [3.8, 4) is 0 Å². The Labute approximate surface area is 329 Å². The lowest BCUT2D eigenvalue weighted by atomic mass is 9.56. The standard InChI is InChI=1S/C54H42N2/c1-55-49-35-48-50(56(2)52-44-30-18-16-20-38(44)32-34-46(52)54(48,41-25-11-5-12-26-41)42-27-13-6-14-28-42)36-47(49)53(39-21-7-3-8-22-39,40-23-9-4-10-24-40)45-33-31-37-19-15-17-29-43(37)51(45)55/h3-27,29-36,42H,28H2,1-2H3. The quantitative estimate of drug-likeness (QED) is 0.179. The number of rotatable bonds is 4. The third kappa shape index (κ3) is 4.33. The molecular weight excluding hydrogens is 677 g/mol. The molecule has 0 spiro atoms. The number of benzene rings is 8. The van der Waals surface area contributed by atoms with Crippen LogP contribution in [0.5, 0.6) is 0 Å². The van der Waals surface area contributed by atoms with Crippen molar-refractivity contribution in [1.82, 2.24) is 0 Å². The van der Waals surface area contributed by atoms with Gasteiger partial charge in [0.1, 0.15) is 0 Å².